The zero-order chi connectivity index (χ0) is 24.4. The highest BCUT2D eigenvalue weighted by Crippen LogP contribution is 2.40. The maximum absolute atomic E-state index is 13.5. The van der Waals surface area contributed by atoms with Crippen LogP contribution in [0.4, 0.5) is 11.6 Å². The number of nitrogens with one attached hydrogen (secondary N) is 2. The zero-order valence-corrected chi connectivity index (χ0v) is 21.2. The average molecular weight is 451 g/mol. The number of aliphatic imine (C=N–C) groups is 1. The van der Waals surface area contributed by atoms with E-state index in [0.717, 1.165) is 54.6 Å². The molecule has 3 rings (SSSR count). The van der Waals surface area contributed by atoms with E-state index in [-0.39, 0.29) is 17.0 Å². The van der Waals surface area contributed by atoms with Crippen LogP contribution >= 0.6 is 0 Å². The molecule has 33 heavy (non-hydrogen) atoms. The predicted molar refractivity (Wildman–Crippen MR) is 136 cm³/mol. The van der Waals surface area contributed by atoms with Gasteiger partial charge in [-0.25, -0.2) is 15.0 Å². The van der Waals surface area contributed by atoms with Gasteiger partial charge in [0.1, 0.15) is 5.82 Å². The zero-order valence-electron chi connectivity index (χ0n) is 21.2. The summed E-state index contributed by atoms with van der Waals surface area (Å²) >= 11 is 0. The Morgan fingerprint density at radius 3 is 2.48 bits per heavy atom. The first-order valence-corrected chi connectivity index (χ1v) is 11.8. The molecule has 2 N–H and O–H groups in total. The third kappa shape index (κ3) is 5.52. The predicted octanol–water partition coefficient (Wildman–Crippen LogP) is 5.15. The second kappa shape index (κ2) is 9.49. The second-order valence-corrected chi connectivity index (χ2v) is 10.0. The van der Waals surface area contributed by atoms with Crippen LogP contribution in [0.15, 0.2) is 52.1 Å². The molecule has 0 aliphatic heterocycles. The summed E-state index contributed by atoms with van der Waals surface area (Å²) in [6, 6.07) is 0. The molecule has 0 unspecified atom stereocenters. The monoisotopic (exact) mass is 450 g/mol. The summed E-state index contributed by atoms with van der Waals surface area (Å²) in [7, 11) is 1.99. The Morgan fingerprint density at radius 1 is 1.30 bits per heavy atom. The number of hydrogen-bond acceptors (Lipinski definition) is 6. The Kier molecular flexibility index (Phi) is 7.10. The second-order valence-electron chi connectivity index (χ2n) is 10.0. The van der Waals surface area contributed by atoms with Gasteiger partial charge in [-0.05, 0) is 72.3 Å². The van der Waals surface area contributed by atoms with Gasteiger partial charge < -0.3 is 15.5 Å². The van der Waals surface area contributed by atoms with E-state index in [1.54, 1.807) is 18.6 Å². The molecule has 2 aliphatic carbocycles. The molecule has 2 aliphatic rings. The van der Waals surface area contributed by atoms with Crippen molar-refractivity contribution in [3.8, 4) is 0 Å². The number of amides is 1. The van der Waals surface area contributed by atoms with Gasteiger partial charge in [-0.15, -0.1) is 0 Å². The smallest absolute Gasteiger partial charge is 0.256 e. The normalized spacial score (nSPS) is 19.5. The summed E-state index contributed by atoms with van der Waals surface area (Å²) in [5.41, 5.74) is 3.94. The number of anilines is 2. The molecule has 1 aromatic heterocycles. The van der Waals surface area contributed by atoms with Gasteiger partial charge in [0, 0.05) is 35.5 Å². The Morgan fingerprint density at radius 2 is 1.94 bits per heavy atom. The Bertz CT molecular complexity index is 1010. The Labute approximate surface area is 198 Å². The summed E-state index contributed by atoms with van der Waals surface area (Å²) in [6.07, 6.45) is 9.84. The van der Waals surface area contributed by atoms with Gasteiger partial charge in [0.05, 0.1) is 18.1 Å². The standard InChI is InChI=1S/C26H38N6O/c1-9-25(5,6)32(8)24-28-15-19(16-29-24)30-23(33)21-18(4)12-11-17(3)20(21)22(27-10-2)31-26(7)13-14-26/h10,15-16,31H,3,9,11-14H2,1-2,4-8H3,(H,30,33)/b22-20-,27-10?. The lowest BCUT2D eigenvalue weighted by atomic mass is 9.84. The van der Waals surface area contributed by atoms with Crippen molar-refractivity contribution >= 4 is 23.8 Å². The van der Waals surface area contributed by atoms with E-state index in [1.165, 1.54) is 0 Å². The van der Waals surface area contributed by atoms with Crippen LogP contribution in [-0.2, 0) is 4.79 Å². The summed E-state index contributed by atoms with van der Waals surface area (Å²) in [6.45, 7) is 16.8. The van der Waals surface area contributed by atoms with Crippen LogP contribution in [0, 0.1) is 0 Å². The van der Waals surface area contributed by atoms with Gasteiger partial charge in [0.15, 0.2) is 0 Å². The maximum Gasteiger partial charge on any atom is 0.256 e. The highest BCUT2D eigenvalue weighted by molar-refractivity contribution is 6.08. The molecule has 178 valence electrons. The average Bonchev–Trinajstić information content (AvgIpc) is 3.51. The van der Waals surface area contributed by atoms with Gasteiger partial charge in [0.25, 0.3) is 5.91 Å². The molecule has 0 saturated heterocycles. The quantitative estimate of drug-likeness (QED) is 0.535. The third-order valence-corrected chi connectivity index (χ3v) is 6.94. The van der Waals surface area contributed by atoms with Crippen LogP contribution in [0.3, 0.4) is 0 Å². The van der Waals surface area contributed by atoms with E-state index in [9.17, 15) is 4.79 Å². The minimum atomic E-state index is -0.187. The van der Waals surface area contributed by atoms with Crippen molar-refractivity contribution in [2.24, 2.45) is 4.99 Å². The SMILES string of the molecule is C=C1CCC(C)=C(C(=O)Nc2cnc(N(C)C(C)(C)CC)nc2)/C1=C(/N=CC)NC1(C)CC1. The van der Waals surface area contributed by atoms with E-state index in [2.05, 4.69) is 64.8 Å². The number of hydrogen-bond donors (Lipinski definition) is 2. The largest absolute Gasteiger partial charge is 0.364 e. The van der Waals surface area contributed by atoms with Gasteiger partial charge in [-0.1, -0.05) is 19.1 Å². The first kappa shape index (κ1) is 24.7. The first-order chi connectivity index (χ1) is 15.5. The molecule has 0 radical (unpaired) electrons. The van der Waals surface area contributed by atoms with Crippen molar-refractivity contribution in [3.05, 3.63) is 47.1 Å². The molecule has 1 amide bonds. The highest BCUT2D eigenvalue weighted by atomic mass is 16.1. The fourth-order valence-electron chi connectivity index (χ4n) is 3.72. The summed E-state index contributed by atoms with van der Waals surface area (Å²) in [4.78, 5) is 29.1. The molecule has 0 spiro atoms. The van der Waals surface area contributed by atoms with Crippen molar-refractivity contribution in [2.75, 3.05) is 17.3 Å². The molecule has 7 nitrogen and oxygen atoms in total. The molecule has 7 heteroatoms. The lowest BCUT2D eigenvalue weighted by molar-refractivity contribution is -0.112. The van der Waals surface area contributed by atoms with Crippen LogP contribution in [-0.4, -0.2) is 40.2 Å². The van der Waals surface area contributed by atoms with Gasteiger partial charge in [-0.3, -0.25) is 4.79 Å². The number of rotatable bonds is 8. The van der Waals surface area contributed by atoms with Crippen molar-refractivity contribution in [1.29, 1.82) is 0 Å². The lowest BCUT2D eigenvalue weighted by Gasteiger charge is -2.34. The fourth-order valence-corrected chi connectivity index (χ4v) is 3.72. The van der Waals surface area contributed by atoms with Gasteiger partial charge in [-0.2, -0.15) is 0 Å². The number of allylic oxidation sites excluding steroid dienone is 2. The molecular weight excluding hydrogens is 412 g/mol. The molecular formula is C26H38N6O. The molecule has 0 atom stereocenters. The van der Waals surface area contributed by atoms with Crippen LogP contribution in [0.5, 0.6) is 0 Å². The van der Waals surface area contributed by atoms with Crippen LogP contribution in [0.1, 0.15) is 73.6 Å². The number of aromatic nitrogens is 2. The van der Waals surface area contributed by atoms with Crippen molar-refractivity contribution in [3.63, 3.8) is 0 Å². The van der Waals surface area contributed by atoms with Crippen LogP contribution in [0.25, 0.3) is 0 Å². The molecule has 1 fully saturated rings. The number of nitrogens with zero attached hydrogens (tertiary/aromatic N) is 4. The fraction of sp³-hybridized carbons (Fsp3) is 0.538. The van der Waals surface area contributed by atoms with E-state index in [0.29, 0.717) is 17.2 Å². The Hall–Kier alpha value is -2.96. The number of carbonyl (C=O) groups is 1. The molecule has 1 aromatic rings. The van der Waals surface area contributed by atoms with Crippen molar-refractivity contribution in [1.82, 2.24) is 15.3 Å². The highest BCUT2D eigenvalue weighted by Gasteiger charge is 2.39. The van der Waals surface area contributed by atoms with Crippen LogP contribution < -0.4 is 15.5 Å². The van der Waals surface area contributed by atoms with Crippen LogP contribution in [0.2, 0.25) is 0 Å². The molecule has 1 heterocycles. The summed E-state index contributed by atoms with van der Waals surface area (Å²) in [5, 5.41) is 6.55. The van der Waals surface area contributed by atoms with E-state index >= 15 is 0 Å². The minimum Gasteiger partial charge on any atom is -0.364 e. The minimum absolute atomic E-state index is 0.0318. The van der Waals surface area contributed by atoms with Crippen molar-refractivity contribution in [2.45, 2.75) is 84.7 Å². The van der Waals surface area contributed by atoms with E-state index in [4.69, 9.17) is 0 Å². The van der Waals surface area contributed by atoms with E-state index in [1.807, 2.05) is 20.9 Å². The lowest BCUT2D eigenvalue weighted by Crippen LogP contribution is -2.41. The van der Waals surface area contributed by atoms with Crippen molar-refractivity contribution < 1.29 is 4.79 Å². The molecule has 1 saturated carbocycles. The molecule has 0 aromatic carbocycles. The summed E-state index contributed by atoms with van der Waals surface area (Å²) < 4.78 is 0. The first-order valence-electron chi connectivity index (χ1n) is 11.8. The third-order valence-electron chi connectivity index (χ3n) is 6.94. The molecule has 0 bridgehead atoms. The topological polar surface area (TPSA) is 82.5 Å². The maximum atomic E-state index is 13.5. The van der Waals surface area contributed by atoms with E-state index < -0.39 is 0 Å². The van der Waals surface area contributed by atoms with Gasteiger partial charge >= 0.3 is 0 Å². The summed E-state index contributed by atoms with van der Waals surface area (Å²) in [5.74, 6) is 1.17. The number of carbonyl (C=O) groups excluding carboxylic acids is 1. The Balaban J connectivity index is 1.89. The van der Waals surface area contributed by atoms with Gasteiger partial charge in [0.2, 0.25) is 5.95 Å².